The van der Waals surface area contributed by atoms with Crippen molar-refractivity contribution < 1.29 is 4.39 Å². The molecule has 0 saturated carbocycles. The van der Waals surface area contributed by atoms with Crippen LogP contribution in [-0.4, -0.2) is 36.1 Å². The lowest BCUT2D eigenvalue weighted by molar-refractivity contribution is 0.201. The fourth-order valence-electron chi connectivity index (χ4n) is 5.08. The maximum Gasteiger partial charge on any atom is 0.123 e. The lowest BCUT2D eigenvalue weighted by Crippen LogP contribution is -2.37. The van der Waals surface area contributed by atoms with Crippen molar-refractivity contribution >= 4 is 10.9 Å². The molecule has 146 valence electrons. The minimum Gasteiger partial charge on any atom is -0.361 e. The molecule has 3 aromatic rings. The third-order valence-electron chi connectivity index (χ3n) is 6.65. The molecular weight excluding hydrogens is 349 g/mol. The Hall–Kier alpha value is -2.17. The number of nitrogens with one attached hydrogen (secondary N) is 2. The number of likely N-dealkylation sites (tertiary alicyclic amines) is 1. The lowest BCUT2D eigenvalue weighted by atomic mass is 9.88. The van der Waals surface area contributed by atoms with E-state index in [0.29, 0.717) is 12.0 Å². The van der Waals surface area contributed by atoms with Crippen LogP contribution in [0.15, 0.2) is 48.7 Å². The van der Waals surface area contributed by atoms with Gasteiger partial charge in [-0.15, -0.1) is 0 Å². The SMILES string of the molecule is Fc1ccc2[nH]cc(C3CCN(CC[C@@H]4NCCc5ccccc54)CC3)c2c1. The van der Waals surface area contributed by atoms with Crippen LogP contribution in [0.2, 0.25) is 0 Å². The van der Waals surface area contributed by atoms with Crippen molar-refractivity contribution in [1.82, 2.24) is 15.2 Å². The van der Waals surface area contributed by atoms with Crippen LogP contribution in [0.5, 0.6) is 0 Å². The summed E-state index contributed by atoms with van der Waals surface area (Å²) in [6.07, 6.45) is 6.70. The molecule has 0 amide bonds. The largest absolute Gasteiger partial charge is 0.361 e. The van der Waals surface area contributed by atoms with Crippen LogP contribution in [0, 0.1) is 5.82 Å². The van der Waals surface area contributed by atoms with Gasteiger partial charge in [0, 0.05) is 23.1 Å². The first kappa shape index (κ1) is 17.9. The highest BCUT2D eigenvalue weighted by Crippen LogP contribution is 2.34. The van der Waals surface area contributed by atoms with Crippen molar-refractivity contribution in [3.63, 3.8) is 0 Å². The molecule has 1 atom stereocenters. The van der Waals surface area contributed by atoms with Crippen LogP contribution in [0.25, 0.3) is 10.9 Å². The molecule has 1 fully saturated rings. The molecule has 3 heterocycles. The van der Waals surface area contributed by atoms with Gasteiger partial charge in [0.1, 0.15) is 5.82 Å². The number of rotatable bonds is 4. The number of aromatic nitrogens is 1. The van der Waals surface area contributed by atoms with Crippen molar-refractivity contribution in [2.75, 3.05) is 26.2 Å². The van der Waals surface area contributed by atoms with E-state index in [0.717, 1.165) is 56.3 Å². The molecular formula is C24H28FN3. The zero-order chi connectivity index (χ0) is 18.9. The molecule has 2 aromatic carbocycles. The molecule has 0 spiro atoms. The van der Waals surface area contributed by atoms with E-state index in [1.165, 1.54) is 29.2 Å². The Balaban J connectivity index is 1.19. The van der Waals surface area contributed by atoms with Crippen LogP contribution in [0.1, 0.15) is 47.9 Å². The van der Waals surface area contributed by atoms with Crippen LogP contribution in [0.4, 0.5) is 4.39 Å². The number of nitrogens with zero attached hydrogens (tertiary/aromatic N) is 1. The van der Waals surface area contributed by atoms with Gasteiger partial charge in [-0.2, -0.15) is 0 Å². The van der Waals surface area contributed by atoms with Gasteiger partial charge in [-0.05, 0) is 92.7 Å². The number of hydrogen-bond donors (Lipinski definition) is 2. The first-order chi connectivity index (χ1) is 13.8. The molecule has 1 aromatic heterocycles. The Morgan fingerprint density at radius 2 is 1.89 bits per heavy atom. The van der Waals surface area contributed by atoms with Gasteiger partial charge in [0.05, 0.1) is 0 Å². The van der Waals surface area contributed by atoms with Gasteiger partial charge in [0.25, 0.3) is 0 Å². The van der Waals surface area contributed by atoms with E-state index in [2.05, 4.69) is 45.7 Å². The Morgan fingerprint density at radius 3 is 2.79 bits per heavy atom. The standard InChI is InChI=1S/C24H28FN3/c25-19-5-6-23-21(15-19)22(16-27-23)18-8-12-28(13-9-18)14-10-24-20-4-2-1-3-17(20)7-11-26-24/h1-6,15-16,18,24,26-27H,7-14H2/t24-/m0/s1. The van der Waals surface area contributed by atoms with Gasteiger partial charge in [-0.3, -0.25) is 0 Å². The highest BCUT2D eigenvalue weighted by molar-refractivity contribution is 5.83. The molecule has 1 saturated heterocycles. The first-order valence-electron chi connectivity index (χ1n) is 10.6. The second-order valence-electron chi connectivity index (χ2n) is 8.29. The number of aromatic amines is 1. The molecule has 0 unspecified atom stereocenters. The van der Waals surface area contributed by atoms with Crippen LogP contribution < -0.4 is 5.32 Å². The van der Waals surface area contributed by atoms with Crippen LogP contribution in [0.3, 0.4) is 0 Å². The lowest BCUT2D eigenvalue weighted by Gasteiger charge is -2.34. The zero-order valence-electron chi connectivity index (χ0n) is 16.3. The van der Waals surface area contributed by atoms with E-state index < -0.39 is 0 Å². The molecule has 2 N–H and O–H groups in total. The van der Waals surface area contributed by atoms with Crippen molar-refractivity contribution in [2.24, 2.45) is 0 Å². The monoisotopic (exact) mass is 377 g/mol. The van der Waals surface area contributed by atoms with Gasteiger partial charge in [0.15, 0.2) is 0 Å². The summed E-state index contributed by atoms with van der Waals surface area (Å²) < 4.78 is 13.7. The number of fused-ring (bicyclic) bond motifs is 2. The molecule has 28 heavy (non-hydrogen) atoms. The summed E-state index contributed by atoms with van der Waals surface area (Å²) in [5.74, 6) is 0.381. The Morgan fingerprint density at radius 1 is 1.04 bits per heavy atom. The number of hydrogen-bond acceptors (Lipinski definition) is 2. The van der Waals surface area contributed by atoms with Gasteiger partial charge < -0.3 is 15.2 Å². The molecule has 4 heteroatoms. The quantitative estimate of drug-likeness (QED) is 0.687. The van der Waals surface area contributed by atoms with E-state index in [4.69, 9.17) is 0 Å². The summed E-state index contributed by atoms with van der Waals surface area (Å²) in [4.78, 5) is 5.91. The van der Waals surface area contributed by atoms with Crippen molar-refractivity contribution in [3.8, 4) is 0 Å². The molecule has 2 aliphatic heterocycles. The average Bonchev–Trinajstić information content (AvgIpc) is 3.15. The Kier molecular flexibility index (Phi) is 4.91. The smallest absolute Gasteiger partial charge is 0.123 e. The Labute approximate surface area is 165 Å². The van der Waals surface area contributed by atoms with E-state index in [1.54, 1.807) is 6.07 Å². The van der Waals surface area contributed by atoms with Crippen molar-refractivity contribution in [1.29, 1.82) is 0 Å². The summed E-state index contributed by atoms with van der Waals surface area (Å²) in [6, 6.07) is 14.4. The highest BCUT2D eigenvalue weighted by atomic mass is 19.1. The predicted molar refractivity (Wildman–Crippen MR) is 112 cm³/mol. The normalized spacial score (nSPS) is 21.1. The zero-order valence-corrected chi connectivity index (χ0v) is 16.3. The number of piperidine rings is 1. The molecule has 0 aliphatic carbocycles. The predicted octanol–water partition coefficient (Wildman–Crippen LogP) is 4.76. The van der Waals surface area contributed by atoms with Crippen LogP contribution >= 0.6 is 0 Å². The fourth-order valence-corrected chi connectivity index (χ4v) is 5.08. The molecule has 5 rings (SSSR count). The second kappa shape index (κ2) is 7.69. The molecule has 0 radical (unpaired) electrons. The number of benzene rings is 2. The van der Waals surface area contributed by atoms with Gasteiger partial charge in [-0.1, -0.05) is 24.3 Å². The second-order valence-corrected chi connectivity index (χ2v) is 8.29. The number of halogens is 1. The van der Waals surface area contributed by atoms with Crippen molar-refractivity contribution in [3.05, 3.63) is 71.2 Å². The third kappa shape index (κ3) is 3.47. The molecule has 0 bridgehead atoms. The fraction of sp³-hybridized carbons (Fsp3) is 0.417. The summed E-state index contributed by atoms with van der Waals surface area (Å²) in [7, 11) is 0. The summed E-state index contributed by atoms with van der Waals surface area (Å²) >= 11 is 0. The number of H-pyrrole nitrogens is 1. The molecule has 2 aliphatic rings. The van der Waals surface area contributed by atoms with Crippen LogP contribution in [-0.2, 0) is 6.42 Å². The topological polar surface area (TPSA) is 31.1 Å². The van der Waals surface area contributed by atoms with E-state index in [-0.39, 0.29) is 5.82 Å². The Bertz CT molecular complexity index is 955. The molecule has 3 nitrogen and oxygen atoms in total. The summed E-state index contributed by atoms with van der Waals surface area (Å²) in [5.41, 5.74) is 5.33. The average molecular weight is 378 g/mol. The highest BCUT2D eigenvalue weighted by Gasteiger charge is 2.25. The summed E-state index contributed by atoms with van der Waals surface area (Å²) in [6.45, 7) is 4.48. The minimum atomic E-state index is -0.147. The summed E-state index contributed by atoms with van der Waals surface area (Å²) in [5, 5.41) is 4.76. The van der Waals surface area contributed by atoms with Gasteiger partial charge in [-0.25, -0.2) is 4.39 Å². The maximum absolute atomic E-state index is 13.7. The van der Waals surface area contributed by atoms with Gasteiger partial charge >= 0.3 is 0 Å². The van der Waals surface area contributed by atoms with Crippen molar-refractivity contribution in [2.45, 2.75) is 37.6 Å². The third-order valence-corrected chi connectivity index (χ3v) is 6.65. The van der Waals surface area contributed by atoms with E-state index in [9.17, 15) is 4.39 Å². The minimum absolute atomic E-state index is 0.147. The van der Waals surface area contributed by atoms with E-state index >= 15 is 0 Å². The van der Waals surface area contributed by atoms with Gasteiger partial charge in [0.2, 0.25) is 0 Å². The first-order valence-corrected chi connectivity index (χ1v) is 10.6. The van der Waals surface area contributed by atoms with E-state index in [1.807, 2.05) is 6.07 Å². The maximum atomic E-state index is 13.7.